The van der Waals surface area contributed by atoms with E-state index >= 15 is 0 Å². The van der Waals surface area contributed by atoms with Crippen molar-refractivity contribution < 1.29 is 0 Å². The van der Waals surface area contributed by atoms with Gasteiger partial charge >= 0.3 is 0 Å². The van der Waals surface area contributed by atoms with Gasteiger partial charge in [-0.3, -0.25) is 4.90 Å². The molecule has 2 rings (SSSR count). The number of nitrogens with one attached hydrogen (secondary N) is 1. The molecule has 1 saturated heterocycles. The SMILES string of the molecule is CCC(CC)C(C)N1CCCNC(C2CCCCC2)C1. The van der Waals surface area contributed by atoms with Gasteiger partial charge in [0.1, 0.15) is 0 Å². The molecular formula is C18H36N2. The van der Waals surface area contributed by atoms with Gasteiger partial charge in [-0.1, -0.05) is 46.0 Å². The fourth-order valence-corrected chi connectivity index (χ4v) is 4.47. The smallest absolute Gasteiger partial charge is 0.0223 e. The summed E-state index contributed by atoms with van der Waals surface area (Å²) in [6.07, 6.45) is 11.3. The van der Waals surface area contributed by atoms with Gasteiger partial charge in [0.05, 0.1) is 0 Å². The van der Waals surface area contributed by atoms with Crippen LogP contribution in [-0.4, -0.2) is 36.6 Å². The Morgan fingerprint density at radius 2 is 1.75 bits per heavy atom. The van der Waals surface area contributed by atoms with Gasteiger partial charge in [0, 0.05) is 18.6 Å². The highest BCUT2D eigenvalue weighted by molar-refractivity contribution is 4.87. The second-order valence-electron chi connectivity index (χ2n) is 7.12. The Bertz CT molecular complexity index is 256. The Balaban J connectivity index is 1.95. The third kappa shape index (κ3) is 4.21. The predicted molar refractivity (Wildman–Crippen MR) is 88.1 cm³/mol. The van der Waals surface area contributed by atoms with Crippen molar-refractivity contribution in [3.8, 4) is 0 Å². The van der Waals surface area contributed by atoms with Gasteiger partial charge in [-0.25, -0.2) is 0 Å². The molecular weight excluding hydrogens is 244 g/mol. The van der Waals surface area contributed by atoms with Gasteiger partial charge in [-0.2, -0.15) is 0 Å². The quantitative estimate of drug-likeness (QED) is 0.817. The molecule has 0 amide bonds. The second kappa shape index (κ2) is 8.38. The van der Waals surface area contributed by atoms with Gasteiger partial charge in [-0.15, -0.1) is 0 Å². The predicted octanol–water partition coefficient (Wildman–Crippen LogP) is 4.06. The van der Waals surface area contributed by atoms with Crippen molar-refractivity contribution in [2.24, 2.45) is 11.8 Å². The van der Waals surface area contributed by atoms with Crippen molar-refractivity contribution in [3.05, 3.63) is 0 Å². The van der Waals surface area contributed by atoms with Crippen LogP contribution in [0.15, 0.2) is 0 Å². The average molecular weight is 280 g/mol. The minimum Gasteiger partial charge on any atom is -0.312 e. The van der Waals surface area contributed by atoms with E-state index in [0.29, 0.717) is 0 Å². The molecule has 0 aromatic carbocycles. The lowest BCUT2D eigenvalue weighted by Crippen LogP contribution is -2.47. The molecule has 2 unspecified atom stereocenters. The molecule has 118 valence electrons. The largest absolute Gasteiger partial charge is 0.312 e. The average Bonchev–Trinajstić information content (AvgIpc) is 2.75. The highest BCUT2D eigenvalue weighted by Gasteiger charge is 2.30. The molecule has 0 radical (unpaired) electrons. The summed E-state index contributed by atoms with van der Waals surface area (Å²) < 4.78 is 0. The first-order valence-electron chi connectivity index (χ1n) is 9.23. The van der Waals surface area contributed by atoms with Gasteiger partial charge in [-0.05, 0) is 51.1 Å². The van der Waals surface area contributed by atoms with E-state index in [-0.39, 0.29) is 0 Å². The van der Waals surface area contributed by atoms with Crippen LogP contribution in [0.25, 0.3) is 0 Å². The van der Waals surface area contributed by atoms with E-state index in [1.807, 2.05) is 0 Å². The van der Waals surface area contributed by atoms with E-state index < -0.39 is 0 Å². The maximum Gasteiger partial charge on any atom is 0.0223 e. The minimum atomic E-state index is 0.759. The van der Waals surface area contributed by atoms with E-state index in [1.165, 1.54) is 71.0 Å². The Morgan fingerprint density at radius 3 is 2.40 bits per heavy atom. The normalized spacial score (nSPS) is 28.5. The van der Waals surface area contributed by atoms with Crippen LogP contribution in [0.4, 0.5) is 0 Å². The molecule has 2 atom stereocenters. The summed E-state index contributed by atoms with van der Waals surface area (Å²) >= 11 is 0. The van der Waals surface area contributed by atoms with E-state index in [1.54, 1.807) is 0 Å². The first-order valence-corrected chi connectivity index (χ1v) is 9.23. The maximum absolute atomic E-state index is 3.87. The molecule has 2 nitrogen and oxygen atoms in total. The first-order chi connectivity index (χ1) is 9.76. The lowest BCUT2D eigenvalue weighted by atomic mass is 9.83. The number of nitrogens with zero attached hydrogens (tertiary/aromatic N) is 1. The highest BCUT2D eigenvalue weighted by Crippen LogP contribution is 2.29. The molecule has 1 aliphatic heterocycles. The Morgan fingerprint density at radius 1 is 1.05 bits per heavy atom. The summed E-state index contributed by atoms with van der Waals surface area (Å²) in [4.78, 5) is 2.80. The van der Waals surface area contributed by atoms with Crippen LogP contribution in [-0.2, 0) is 0 Å². The molecule has 1 heterocycles. The van der Waals surface area contributed by atoms with Crippen molar-refractivity contribution in [1.29, 1.82) is 0 Å². The van der Waals surface area contributed by atoms with E-state index in [2.05, 4.69) is 31.0 Å². The molecule has 0 spiro atoms. The van der Waals surface area contributed by atoms with Crippen LogP contribution in [0.2, 0.25) is 0 Å². The third-order valence-electron chi connectivity index (χ3n) is 5.99. The molecule has 0 aromatic heterocycles. The Kier molecular flexibility index (Phi) is 6.83. The zero-order chi connectivity index (χ0) is 14.4. The first kappa shape index (κ1) is 16.3. The van der Waals surface area contributed by atoms with Crippen LogP contribution in [0, 0.1) is 11.8 Å². The number of hydrogen-bond donors (Lipinski definition) is 1. The summed E-state index contributed by atoms with van der Waals surface area (Å²) in [6, 6.07) is 1.52. The zero-order valence-electron chi connectivity index (χ0n) is 14.0. The molecule has 20 heavy (non-hydrogen) atoms. The number of hydrogen-bond acceptors (Lipinski definition) is 2. The van der Waals surface area contributed by atoms with Crippen molar-refractivity contribution >= 4 is 0 Å². The van der Waals surface area contributed by atoms with Crippen molar-refractivity contribution in [2.75, 3.05) is 19.6 Å². The summed E-state index contributed by atoms with van der Waals surface area (Å²) in [7, 11) is 0. The highest BCUT2D eigenvalue weighted by atomic mass is 15.2. The van der Waals surface area contributed by atoms with E-state index in [0.717, 1.165) is 23.9 Å². The maximum atomic E-state index is 3.87. The monoisotopic (exact) mass is 280 g/mol. The molecule has 0 bridgehead atoms. The topological polar surface area (TPSA) is 15.3 Å². The van der Waals surface area contributed by atoms with Gasteiger partial charge < -0.3 is 5.32 Å². The van der Waals surface area contributed by atoms with Gasteiger partial charge in [0.25, 0.3) is 0 Å². The molecule has 1 saturated carbocycles. The lowest BCUT2D eigenvalue weighted by molar-refractivity contribution is 0.127. The zero-order valence-corrected chi connectivity index (χ0v) is 14.0. The van der Waals surface area contributed by atoms with Crippen LogP contribution in [0.3, 0.4) is 0 Å². The summed E-state index contributed by atoms with van der Waals surface area (Å²) in [5.74, 6) is 1.82. The standard InChI is InChI=1S/C18H36N2/c1-4-16(5-2)15(3)20-13-9-12-19-18(14-20)17-10-7-6-8-11-17/h15-19H,4-14H2,1-3H3. The van der Waals surface area contributed by atoms with Crippen molar-refractivity contribution in [3.63, 3.8) is 0 Å². The summed E-state index contributed by atoms with van der Waals surface area (Å²) in [6.45, 7) is 11.0. The molecule has 0 aromatic rings. The Labute approximate surface area is 126 Å². The van der Waals surface area contributed by atoms with Crippen LogP contribution in [0.1, 0.15) is 72.1 Å². The second-order valence-corrected chi connectivity index (χ2v) is 7.12. The molecule has 2 fully saturated rings. The lowest BCUT2D eigenvalue weighted by Gasteiger charge is -2.37. The summed E-state index contributed by atoms with van der Waals surface area (Å²) in [5.41, 5.74) is 0. The van der Waals surface area contributed by atoms with Crippen LogP contribution >= 0.6 is 0 Å². The van der Waals surface area contributed by atoms with E-state index in [4.69, 9.17) is 0 Å². The molecule has 2 aliphatic rings. The van der Waals surface area contributed by atoms with Gasteiger partial charge in [0.15, 0.2) is 0 Å². The van der Waals surface area contributed by atoms with Crippen molar-refractivity contribution in [1.82, 2.24) is 10.2 Å². The Hall–Kier alpha value is -0.0800. The van der Waals surface area contributed by atoms with E-state index in [9.17, 15) is 0 Å². The molecule has 1 aliphatic carbocycles. The number of rotatable bonds is 5. The van der Waals surface area contributed by atoms with Gasteiger partial charge in [0.2, 0.25) is 0 Å². The molecule has 2 heteroatoms. The van der Waals surface area contributed by atoms with Crippen LogP contribution in [0.5, 0.6) is 0 Å². The van der Waals surface area contributed by atoms with Crippen LogP contribution < -0.4 is 5.32 Å². The minimum absolute atomic E-state index is 0.759. The fraction of sp³-hybridized carbons (Fsp3) is 1.00. The summed E-state index contributed by atoms with van der Waals surface area (Å²) in [5, 5.41) is 3.87. The molecule has 1 N–H and O–H groups in total. The fourth-order valence-electron chi connectivity index (χ4n) is 4.47. The van der Waals surface area contributed by atoms with Crippen molar-refractivity contribution in [2.45, 2.75) is 84.2 Å². The third-order valence-corrected chi connectivity index (χ3v) is 5.99.